The normalized spacial score (nSPS) is 9.07. The van der Waals surface area contributed by atoms with Gasteiger partial charge in [-0.05, 0) is 23.8 Å². The summed E-state index contributed by atoms with van der Waals surface area (Å²) in [7, 11) is 0. The van der Waals surface area contributed by atoms with Gasteiger partial charge in [0.25, 0.3) is 0 Å². The fraction of sp³-hybridized carbons (Fsp3) is 0. The lowest BCUT2D eigenvalue weighted by atomic mass is 10.2. The molecule has 2 aliphatic rings. The minimum Gasteiger partial charge on any atom is -0.508 e. The molecule has 0 saturated carbocycles. The Balaban J connectivity index is 0.000000195. The summed E-state index contributed by atoms with van der Waals surface area (Å²) in [4.78, 5) is 9.25. The van der Waals surface area contributed by atoms with Gasteiger partial charge < -0.3 is 14.6 Å². The van der Waals surface area contributed by atoms with E-state index in [1.165, 1.54) is 0 Å². The van der Waals surface area contributed by atoms with E-state index in [4.69, 9.17) is 14.6 Å². The molecule has 0 fully saturated rings. The van der Waals surface area contributed by atoms with Gasteiger partial charge in [0.05, 0.1) is 12.5 Å². The number of carboxylic acid groups (broad SMARTS) is 1. The first-order valence-electron chi connectivity index (χ1n) is 4.14. The van der Waals surface area contributed by atoms with Crippen LogP contribution in [0.1, 0.15) is 0 Å². The predicted molar refractivity (Wildman–Crippen MR) is 54.8 cm³/mol. The van der Waals surface area contributed by atoms with Crippen molar-refractivity contribution in [2.45, 2.75) is 0 Å². The van der Waals surface area contributed by atoms with Crippen LogP contribution in [0.25, 0.3) is 11.1 Å². The van der Waals surface area contributed by atoms with Crippen LogP contribution < -0.4 is 0 Å². The number of hydrogen-bond donors (Lipinski definition) is 2. The van der Waals surface area contributed by atoms with Gasteiger partial charge in [-0.15, -0.1) is 0 Å². The van der Waals surface area contributed by atoms with Crippen LogP contribution in [0, 0.1) is 0 Å². The quantitative estimate of drug-likeness (QED) is 0.702. The van der Waals surface area contributed by atoms with Gasteiger partial charge in [-0.25, -0.2) is 4.79 Å². The highest BCUT2D eigenvalue weighted by Gasteiger charge is 2.03. The van der Waals surface area contributed by atoms with Crippen molar-refractivity contribution in [3.05, 3.63) is 43.4 Å². The largest absolute Gasteiger partial charge is 0.508 e. The van der Waals surface area contributed by atoms with Crippen molar-refractivity contribution >= 4 is 5.97 Å². The summed E-state index contributed by atoms with van der Waals surface area (Å²) in [6.45, 7) is 2.96. The van der Waals surface area contributed by atoms with Crippen molar-refractivity contribution in [3.8, 4) is 16.9 Å². The topological polar surface area (TPSA) is 70.7 Å². The fourth-order valence-electron chi connectivity index (χ4n) is 0.999. The number of fused-ring (bicyclic) bond motifs is 1. The molecule has 2 N–H and O–H groups in total. The standard InChI is InChI=1S/C8H6O2.C3H4O2/c9-8-3-6-1-2-10-5-7(6)4-8;1-2-3(4)5/h1-5,9H;2H,1H2,(H,4,5). The van der Waals surface area contributed by atoms with Crippen LogP contribution in [0.5, 0.6) is 5.75 Å². The third kappa shape index (κ3) is 3.19. The van der Waals surface area contributed by atoms with Gasteiger partial charge in [0, 0.05) is 11.6 Å². The van der Waals surface area contributed by atoms with Gasteiger partial charge in [0.1, 0.15) is 5.75 Å². The van der Waals surface area contributed by atoms with Gasteiger partial charge in [-0.2, -0.15) is 0 Å². The summed E-state index contributed by atoms with van der Waals surface area (Å²) in [6, 6.07) is 5.18. The molecule has 0 saturated heterocycles. The van der Waals surface area contributed by atoms with Crippen molar-refractivity contribution in [1.29, 1.82) is 0 Å². The first-order chi connectivity index (χ1) is 7.13. The number of rotatable bonds is 1. The average Bonchev–Trinajstić information content (AvgIpc) is 2.58. The molecular formula is C11H10O4. The number of aliphatic carboxylic acids is 1. The highest BCUT2D eigenvalue weighted by molar-refractivity contribution is 5.78. The SMILES string of the molecule is C=CC(=O)O.Oc1cc2ccocc-2c1. The summed E-state index contributed by atoms with van der Waals surface area (Å²) >= 11 is 0. The lowest BCUT2D eigenvalue weighted by molar-refractivity contribution is -0.131. The van der Waals surface area contributed by atoms with E-state index in [1.54, 1.807) is 24.7 Å². The van der Waals surface area contributed by atoms with E-state index in [9.17, 15) is 4.79 Å². The second kappa shape index (κ2) is 4.85. The van der Waals surface area contributed by atoms with Crippen LogP contribution in [0.3, 0.4) is 0 Å². The molecule has 1 heterocycles. The Morgan fingerprint density at radius 3 is 2.53 bits per heavy atom. The molecule has 0 atom stereocenters. The first-order valence-corrected chi connectivity index (χ1v) is 4.14. The lowest BCUT2D eigenvalue weighted by Crippen LogP contribution is -1.82. The van der Waals surface area contributed by atoms with Crippen molar-refractivity contribution in [1.82, 2.24) is 0 Å². The molecule has 0 aromatic rings. The van der Waals surface area contributed by atoms with Gasteiger partial charge in [0.15, 0.2) is 0 Å². The molecule has 0 aromatic heterocycles. The number of carbonyl (C=O) groups is 1. The third-order valence-corrected chi connectivity index (χ3v) is 1.64. The van der Waals surface area contributed by atoms with E-state index < -0.39 is 5.97 Å². The zero-order valence-electron chi connectivity index (χ0n) is 7.88. The van der Waals surface area contributed by atoms with Gasteiger partial charge in [-0.1, -0.05) is 6.58 Å². The highest BCUT2D eigenvalue weighted by Crippen LogP contribution is 2.28. The zero-order valence-corrected chi connectivity index (χ0v) is 7.88. The van der Waals surface area contributed by atoms with Crippen LogP contribution in [-0.4, -0.2) is 16.2 Å². The summed E-state index contributed by atoms with van der Waals surface area (Å²) in [6.07, 6.45) is 4.02. The molecule has 78 valence electrons. The second-order valence-corrected chi connectivity index (χ2v) is 2.72. The maximum atomic E-state index is 9.25. The molecule has 0 radical (unpaired) electrons. The monoisotopic (exact) mass is 206 g/mol. The van der Waals surface area contributed by atoms with Crippen LogP contribution >= 0.6 is 0 Å². The Labute approximate surface area is 86.4 Å². The van der Waals surface area contributed by atoms with Gasteiger partial charge in [-0.3, -0.25) is 0 Å². The molecule has 0 bridgehead atoms. The van der Waals surface area contributed by atoms with E-state index in [-0.39, 0.29) is 5.75 Å². The Bertz CT molecular complexity index is 400. The molecule has 4 nitrogen and oxygen atoms in total. The zero-order chi connectivity index (χ0) is 11.3. The maximum Gasteiger partial charge on any atom is 0.327 e. The fourth-order valence-corrected chi connectivity index (χ4v) is 0.999. The average molecular weight is 206 g/mol. The Morgan fingerprint density at radius 2 is 2.00 bits per heavy atom. The molecule has 0 spiro atoms. The summed E-state index contributed by atoms with van der Waals surface area (Å²) in [5.74, 6) is -0.693. The Kier molecular flexibility index (Phi) is 3.51. The molecule has 1 aliphatic carbocycles. The maximum absolute atomic E-state index is 9.25. The molecule has 0 aromatic carbocycles. The molecule has 4 heteroatoms. The van der Waals surface area contributed by atoms with Gasteiger partial charge in [0.2, 0.25) is 0 Å². The number of hydrogen-bond acceptors (Lipinski definition) is 3. The number of aromatic hydroxyl groups is 1. The van der Waals surface area contributed by atoms with E-state index >= 15 is 0 Å². The Hall–Kier alpha value is -2.23. The molecule has 1 aliphatic heterocycles. The van der Waals surface area contributed by atoms with E-state index in [0.29, 0.717) is 0 Å². The number of carboxylic acids is 1. The van der Waals surface area contributed by atoms with Gasteiger partial charge >= 0.3 is 5.97 Å². The first kappa shape index (κ1) is 10.8. The molecule has 0 unspecified atom stereocenters. The van der Waals surface area contributed by atoms with Crippen LogP contribution in [0.2, 0.25) is 0 Å². The minimum atomic E-state index is -0.981. The highest BCUT2D eigenvalue weighted by atomic mass is 16.4. The summed E-state index contributed by atoms with van der Waals surface area (Å²) in [5, 5.41) is 16.6. The summed E-state index contributed by atoms with van der Waals surface area (Å²) < 4.78 is 4.89. The van der Waals surface area contributed by atoms with E-state index in [0.717, 1.165) is 17.2 Å². The molecule has 0 amide bonds. The molecule has 2 rings (SSSR count). The van der Waals surface area contributed by atoms with E-state index in [1.807, 2.05) is 6.07 Å². The van der Waals surface area contributed by atoms with Crippen LogP contribution in [0.4, 0.5) is 0 Å². The predicted octanol–water partition coefficient (Wildman–Crippen LogP) is 2.35. The van der Waals surface area contributed by atoms with E-state index in [2.05, 4.69) is 6.58 Å². The van der Waals surface area contributed by atoms with Crippen molar-refractivity contribution < 1.29 is 19.4 Å². The molecule has 15 heavy (non-hydrogen) atoms. The third-order valence-electron chi connectivity index (χ3n) is 1.64. The Morgan fingerprint density at radius 1 is 1.40 bits per heavy atom. The molecular weight excluding hydrogens is 196 g/mol. The second-order valence-electron chi connectivity index (χ2n) is 2.72. The van der Waals surface area contributed by atoms with Crippen molar-refractivity contribution in [2.24, 2.45) is 0 Å². The minimum absolute atomic E-state index is 0.288. The lowest BCUT2D eigenvalue weighted by Gasteiger charge is -1.91. The smallest absolute Gasteiger partial charge is 0.327 e. The van der Waals surface area contributed by atoms with Crippen molar-refractivity contribution in [2.75, 3.05) is 0 Å². The van der Waals surface area contributed by atoms with Crippen LogP contribution in [0.15, 0.2) is 47.8 Å². The van der Waals surface area contributed by atoms with Crippen molar-refractivity contribution in [3.63, 3.8) is 0 Å². The van der Waals surface area contributed by atoms with Crippen LogP contribution in [-0.2, 0) is 4.79 Å². The summed E-state index contributed by atoms with van der Waals surface area (Å²) in [5.41, 5.74) is 1.93.